The minimum atomic E-state index is -0.744. The third-order valence-electron chi connectivity index (χ3n) is 3.82. The third kappa shape index (κ3) is 3.47. The van der Waals surface area contributed by atoms with Crippen LogP contribution in [0.5, 0.6) is 0 Å². The molecule has 0 heterocycles. The number of hydrogen-bond acceptors (Lipinski definition) is 3. The molecule has 4 heteroatoms. The van der Waals surface area contributed by atoms with Crippen molar-refractivity contribution in [1.29, 1.82) is 0 Å². The molecule has 1 aromatic carbocycles. The molecule has 2 rings (SSSR count). The van der Waals surface area contributed by atoms with Crippen LogP contribution in [0.15, 0.2) is 18.2 Å². The first-order chi connectivity index (χ1) is 9.00. The predicted octanol–water partition coefficient (Wildman–Crippen LogP) is 2.00. The molecular weight excluding hydrogens is 240 g/mol. The maximum Gasteiger partial charge on any atom is 0.253 e. The number of hydrogen-bond donors (Lipinski definition) is 3. The maximum atomic E-state index is 12.1. The Kier molecular flexibility index (Phi) is 4.10. The Balaban J connectivity index is 1.99. The van der Waals surface area contributed by atoms with Crippen LogP contribution >= 0.6 is 0 Å². The molecule has 1 saturated carbocycles. The highest BCUT2D eigenvalue weighted by Gasteiger charge is 2.29. The molecule has 0 aliphatic heterocycles. The van der Waals surface area contributed by atoms with Crippen molar-refractivity contribution in [3.63, 3.8) is 0 Å². The molecule has 4 nitrogen and oxygen atoms in total. The first-order valence-corrected chi connectivity index (χ1v) is 6.87. The number of benzene rings is 1. The molecule has 0 aromatic heterocycles. The zero-order valence-electron chi connectivity index (χ0n) is 11.4. The minimum absolute atomic E-state index is 0.208. The summed E-state index contributed by atoms with van der Waals surface area (Å²) in [6.45, 7) is 2.23. The quantitative estimate of drug-likeness (QED) is 0.729. The number of carbonyl (C=O) groups is 1. The molecule has 0 bridgehead atoms. The van der Waals surface area contributed by atoms with E-state index < -0.39 is 5.60 Å². The molecule has 4 N–H and O–H groups in total. The lowest BCUT2D eigenvalue weighted by Crippen LogP contribution is -2.44. The summed E-state index contributed by atoms with van der Waals surface area (Å²) < 4.78 is 0. The van der Waals surface area contributed by atoms with Crippen molar-refractivity contribution in [2.45, 2.75) is 44.6 Å². The van der Waals surface area contributed by atoms with Gasteiger partial charge in [0, 0.05) is 12.2 Å². The summed E-state index contributed by atoms with van der Waals surface area (Å²) in [5, 5.41) is 13.2. The highest BCUT2D eigenvalue weighted by atomic mass is 16.3. The van der Waals surface area contributed by atoms with Crippen LogP contribution in [-0.4, -0.2) is 23.2 Å². The van der Waals surface area contributed by atoms with Crippen molar-refractivity contribution in [3.05, 3.63) is 29.3 Å². The fourth-order valence-electron chi connectivity index (χ4n) is 2.59. The number of carbonyl (C=O) groups excluding carboxylic acids is 1. The van der Waals surface area contributed by atoms with Crippen molar-refractivity contribution in [2.24, 2.45) is 0 Å². The largest absolute Gasteiger partial charge is 0.398 e. The van der Waals surface area contributed by atoms with Crippen LogP contribution < -0.4 is 11.1 Å². The van der Waals surface area contributed by atoms with Crippen LogP contribution in [0.1, 0.15) is 48.0 Å². The van der Waals surface area contributed by atoms with Crippen LogP contribution in [0.25, 0.3) is 0 Å². The van der Waals surface area contributed by atoms with Crippen molar-refractivity contribution in [3.8, 4) is 0 Å². The third-order valence-corrected chi connectivity index (χ3v) is 3.82. The summed E-state index contributed by atoms with van der Waals surface area (Å²) in [6.07, 6.45) is 4.74. The van der Waals surface area contributed by atoms with Gasteiger partial charge >= 0.3 is 0 Å². The van der Waals surface area contributed by atoms with Gasteiger partial charge in [-0.2, -0.15) is 0 Å². The van der Waals surface area contributed by atoms with Gasteiger partial charge in [0.1, 0.15) is 0 Å². The maximum absolute atomic E-state index is 12.1. The molecule has 104 valence electrons. The molecule has 19 heavy (non-hydrogen) atoms. The number of aliphatic hydroxyl groups is 1. The topological polar surface area (TPSA) is 75.4 Å². The molecular formula is C15H22N2O2. The summed E-state index contributed by atoms with van der Waals surface area (Å²) in [5.74, 6) is -0.208. The van der Waals surface area contributed by atoms with Crippen LogP contribution in [0.4, 0.5) is 5.69 Å². The van der Waals surface area contributed by atoms with Gasteiger partial charge in [0.25, 0.3) is 5.91 Å². The molecule has 0 spiro atoms. The molecule has 1 aromatic rings. The zero-order valence-corrected chi connectivity index (χ0v) is 11.4. The van der Waals surface area contributed by atoms with Gasteiger partial charge in [-0.05, 0) is 31.9 Å². The predicted molar refractivity (Wildman–Crippen MR) is 76.0 cm³/mol. The lowest BCUT2D eigenvalue weighted by molar-refractivity contribution is 0.00526. The standard InChI is InChI=1S/C15H22N2O2/c1-11-5-6-13(16)12(9-11)14(18)17-10-15(19)7-3-2-4-8-15/h5-6,9,19H,2-4,7-8,10,16H2,1H3,(H,17,18). The first-order valence-electron chi connectivity index (χ1n) is 6.87. The summed E-state index contributed by atoms with van der Waals surface area (Å²) in [7, 11) is 0. The van der Waals surface area contributed by atoms with Crippen molar-refractivity contribution in [1.82, 2.24) is 5.32 Å². The average molecular weight is 262 g/mol. The Hall–Kier alpha value is -1.55. The fourth-order valence-corrected chi connectivity index (χ4v) is 2.59. The minimum Gasteiger partial charge on any atom is -0.398 e. The van der Waals surface area contributed by atoms with Crippen molar-refractivity contribution < 1.29 is 9.90 Å². The Labute approximate surface area is 114 Å². The van der Waals surface area contributed by atoms with Gasteiger partial charge in [-0.15, -0.1) is 0 Å². The van der Waals surface area contributed by atoms with Gasteiger partial charge in [0.05, 0.1) is 11.2 Å². The first kappa shape index (κ1) is 13.9. The highest BCUT2D eigenvalue weighted by molar-refractivity contribution is 5.99. The molecule has 1 fully saturated rings. The van der Waals surface area contributed by atoms with E-state index >= 15 is 0 Å². The smallest absolute Gasteiger partial charge is 0.253 e. The molecule has 1 aliphatic carbocycles. The van der Waals surface area contributed by atoms with E-state index in [0.717, 1.165) is 31.2 Å². The van der Waals surface area contributed by atoms with Gasteiger partial charge in [0.2, 0.25) is 0 Å². The van der Waals surface area contributed by atoms with Crippen LogP contribution in [-0.2, 0) is 0 Å². The van der Waals surface area contributed by atoms with E-state index in [-0.39, 0.29) is 5.91 Å². The Morgan fingerprint density at radius 3 is 2.74 bits per heavy atom. The van der Waals surface area contributed by atoms with E-state index in [1.165, 1.54) is 6.42 Å². The second-order valence-electron chi connectivity index (χ2n) is 5.56. The summed E-state index contributed by atoms with van der Waals surface area (Å²) in [6, 6.07) is 5.38. The average Bonchev–Trinajstić information content (AvgIpc) is 2.40. The van der Waals surface area contributed by atoms with Crippen molar-refractivity contribution >= 4 is 11.6 Å². The second-order valence-corrected chi connectivity index (χ2v) is 5.56. The fraction of sp³-hybridized carbons (Fsp3) is 0.533. The van der Waals surface area contributed by atoms with Gasteiger partial charge in [-0.3, -0.25) is 4.79 Å². The number of amides is 1. The Morgan fingerprint density at radius 2 is 2.05 bits per heavy atom. The molecule has 0 atom stereocenters. The lowest BCUT2D eigenvalue weighted by Gasteiger charge is -2.32. The van der Waals surface area contributed by atoms with Gasteiger partial charge < -0.3 is 16.2 Å². The van der Waals surface area contributed by atoms with Crippen LogP contribution in [0, 0.1) is 6.92 Å². The Bertz CT molecular complexity index is 465. The highest BCUT2D eigenvalue weighted by Crippen LogP contribution is 2.27. The lowest BCUT2D eigenvalue weighted by atomic mass is 9.85. The molecule has 0 radical (unpaired) electrons. The Morgan fingerprint density at radius 1 is 1.37 bits per heavy atom. The second kappa shape index (κ2) is 5.61. The SMILES string of the molecule is Cc1ccc(N)c(C(=O)NCC2(O)CCCCC2)c1. The summed E-state index contributed by atoms with van der Waals surface area (Å²) >= 11 is 0. The number of nitrogens with one attached hydrogen (secondary N) is 1. The van der Waals surface area contributed by atoms with Gasteiger partial charge in [-0.1, -0.05) is 30.9 Å². The van der Waals surface area contributed by atoms with E-state index in [0.29, 0.717) is 17.8 Å². The van der Waals surface area contributed by atoms with Gasteiger partial charge in [-0.25, -0.2) is 0 Å². The van der Waals surface area contributed by atoms with E-state index in [9.17, 15) is 9.90 Å². The molecule has 1 aliphatic rings. The van der Waals surface area contributed by atoms with E-state index in [1.54, 1.807) is 12.1 Å². The molecule has 0 unspecified atom stereocenters. The number of nitrogen functional groups attached to an aromatic ring is 1. The number of aryl methyl sites for hydroxylation is 1. The number of anilines is 1. The molecule has 1 amide bonds. The van der Waals surface area contributed by atoms with E-state index in [4.69, 9.17) is 5.73 Å². The van der Waals surface area contributed by atoms with Crippen LogP contribution in [0.2, 0.25) is 0 Å². The van der Waals surface area contributed by atoms with Crippen molar-refractivity contribution in [2.75, 3.05) is 12.3 Å². The normalized spacial score (nSPS) is 18.0. The number of nitrogens with two attached hydrogens (primary N) is 1. The molecule has 0 saturated heterocycles. The van der Waals surface area contributed by atoms with E-state index in [1.807, 2.05) is 13.0 Å². The monoisotopic (exact) mass is 262 g/mol. The zero-order chi connectivity index (χ0) is 13.9. The number of rotatable bonds is 3. The summed E-state index contributed by atoms with van der Waals surface area (Å²) in [5.41, 5.74) is 7.02. The van der Waals surface area contributed by atoms with Crippen LogP contribution in [0.3, 0.4) is 0 Å². The summed E-state index contributed by atoms with van der Waals surface area (Å²) in [4.78, 5) is 12.1. The van der Waals surface area contributed by atoms with E-state index in [2.05, 4.69) is 5.32 Å². The van der Waals surface area contributed by atoms with Gasteiger partial charge in [0.15, 0.2) is 0 Å².